The van der Waals surface area contributed by atoms with Crippen molar-refractivity contribution in [3.05, 3.63) is 75.6 Å². The highest BCUT2D eigenvalue weighted by atomic mass is 32.2. The molecule has 9 nitrogen and oxygen atoms in total. The van der Waals surface area contributed by atoms with Gasteiger partial charge in [-0.25, -0.2) is 4.79 Å². The third-order valence-electron chi connectivity index (χ3n) is 8.29. The number of aryl methyl sites for hydroxylation is 1. The topological polar surface area (TPSA) is 115 Å². The molecule has 2 aromatic carbocycles. The number of nitrogens with one attached hydrogen (secondary N) is 2. The smallest absolute Gasteiger partial charge is 0.315 e. The number of nitro groups is 1. The van der Waals surface area contributed by atoms with E-state index in [0.29, 0.717) is 22.4 Å². The number of aromatic nitrogens is 3. The van der Waals surface area contributed by atoms with Crippen molar-refractivity contribution in [3.63, 3.8) is 0 Å². The Morgan fingerprint density at radius 2 is 1.76 bits per heavy atom. The van der Waals surface area contributed by atoms with Crippen molar-refractivity contribution >= 4 is 23.5 Å². The molecule has 4 saturated carbocycles. The normalized spacial score (nSPS) is 25.3. The van der Waals surface area contributed by atoms with Crippen LogP contribution in [0.3, 0.4) is 0 Å². The summed E-state index contributed by atoms with van der Waals surface area (Å²) in [5.41, 5.74) is 3.02. The molecule has 10 heteroatoms. The van der Waals surface area contributed by atoms with Crippen molar-refractivity contribution < 1.29 is 9.72 Å². The van der Waals surface area contributed by atoms with E-state index in [1.807, 2.05) is 10.6 Å². The number of rotatable bonds is 8. The van der Waals surface area contributed by atoms with Gasteiger partial charge in [-0.15, -0.1) is 10.2 Å². The van der Waals surface area contributed by atoms with Crippen molar-refractivity contribution in [2.75, 3.05) is 0 Å². The van der Waals surface area contributed by atoms with Crippen molar-refractivity contribution in [2.45, 2.75) is 68.4 Å². The molecule has 3 aromatic rings. The molecule has 1 heterocycles. The summed E-state index contributed by atoms with van der Waals surface area (Å²) in [6, 6.07) is 14.5. The standard InChI is InChI=1S/C28H32N6O3S/c1-18-3-2-4-19(9-18)17-38-27-32-31-25(33(27)23-5-7-24(8-6-23)34(36)37)16-29-26(35)30-28-13-20-10-21(14-28)12-22(11-20)15-28/h2-9,20-22H,10-17H2,1H3,(H2,29,30,35). The lowest BCUT2D eigenvalue weighted by Crippen LogP contribution is -2.61. The minimum Gasteiger partial charge on any atom is -0.333 e. The number of urea groups is 1. The number of nitro benzene ring substituents is 1. The Kier molecular flexibility index (Phi) is 6.59. The van der Waals surface area contributed by atoms with Gasteiger partial charge >= 0.3 is 6.03 Å². The number of non-ortho nitro benzene ring substituents is 1. The van der Waals surface area contributed by atoms with E-state index >= 15 is 0 Å². The van der Waals surface area contributed by atoms with E-state index < -0.39 is 4.92 Å². The molecule has 0 atom stereocenters. The highest BCUT2D eigenvalue weighted by molar-refractivity contribution is 7.98. The van der Waals surface area contributed by atoms with Crippen molar-refractivity contribution in [3.8, 4) is 5.69 Å². The first-order valence-electron chi connectivity index (χ1n) is 13.3. The molecule has 0 aliphatic heterocycles. The van der Waals surface area contributed by atoms with Crippen LogP contribution in [-0.4, -0.2) is 31.3 Å². The molecular formula is C28H32N6O3S. The number of benzene rings is 2. The molecule has 0 unspecified atom stereocenters. The molecule has 0 radical (unpaired) electrons. The van der Waals surface area contributed by atoms with Gasteiger partial charge in [-0.05, 0) is 80.9 Å². The van der Waals surface area contributed by atoms with E-state index in [4.69, 9.17) is 0 Å². The summed E-state index contributed by atoms with van der Waals surface area (Å²) in [4.78, 5) is 23.8. The van der Waals surface area contributed by atoms with Crippen LogP contribution < -0.4 is 10.6 Å². The van der Waals surface area contributed by atoms with Gasteiger partial charge in [-0.1, -0.05) is 41.6 Å². The summed E-state index contributed by atoms with van der Waals surface area (Å²) < 4.78 is 1.87. The van der Waals surface area contributed by atoms with Crippen molar-refractivity contribution in [1.82, 2.24) is 25.4 Å². The third-order valence-corrected chi connectivity index (χ3v) is 9.29. The van der Waals surface area contributed by atoms with Crippen LogP contribution in [0.5, 0.6) is 0 Å². The van der Waals surface area contributed by atoms with E-state index in [1.165, 1.54) is 42.5 Å². The number of amides is 2. The first kappa shape index (κ1) is 24.9. The maximum Gasteiger partial charge on any atom is 0.315 e. The predicted octanol–water partition coefficient (Wildman–Crippen LogP) is 5.54. The number of carbonyl (C=O) groups excluding carboxylic acids is 1. The highest BCUT2D eigenvalue weighted by Crippen LogP contribution is 2.55. The molecule has 0 spiro atoms. The Bertz CT molecular complexity index is 1320. The molecule has 38 heavy (non-hydrogen) atoms. The lowest BCUT2D eigenvalue weighted by Gasteiger charge is -2.56. The minimum atomic E-state index is -0.416. The molecule has 2 amide bonds. The number of hydrogen-bond donors (Lipinski definition) is 2. The number of carbonyl (C=O) groups is 1. The Labute approximate surface area is 226 Å². The van der Waals surface area contributed by atoms with Crippen LogP contribution in [0.15, 0.2) is 53.7 Å². The zero-order valence-electron chi connectivity index (χ0n) is 21.4. The van der Waals surface area contributed by atoms with Gasteiger partial charge in [0, 0.05) is 29.1 Å². The highest BCUT2D eigenvalue weighted by Gasteiger charge is 2.51. The number of nitrogens with zero attached hydrogens (tertiary/aromatic N) is 4. The molecular weight excluding hydrogens is 500 g/mol. The first-order chi connectivity index (χ1) is 18.4. The summed E-state index contributed by atoms with van der Waals surface area (Å²) in [6.45, 7) is 2.26. The van der Waals surface area contributed by atoms with Gasteiger partial charge in [0.2, 0.25) is 0 Å². The zero-order valence-corrected chi connectivity index (χ0v) is 22.2. The van der Waals surface area contributed by atoms with Gasteiger partial charge in [0.25, 0.3) is 5.69 Å². The molecule has 2 N–H and O–H groups in total. The lowest BCUT2D eigenvalue weighted by atomic mass is 9.53. The second-order valence-corrected chi connectivity index (χ2v) is 12.2. The second kappa shape index (κ2) is 10.1. The summed E-state index contributed by atoms with van der Waals surface area (Å²) in [5, 5.41) is 27.0. The van der Waals surface area contributed by atoms with E-state index in [0.717, 1.165) is 37.0 Å². The Hall–Kier alpha value is -3.40. The average Bonchev–Trinajstić information content (AvgIpc) is 3.28. The summed E-state index contributed by atoms with van der Waals surface area (Å²) >= 11 is 1.54. The van der Waals surface area contributed by atoms with Crippen LogP contribution in [0, 0.1) is 34.8 Å². The van der Waals surface area contributed by atoms with Crippen LogP contribution >= 0.6 is 11.8 Å². The zero-order chi connectivity index (χ0) is 26.3. The van der Waals surface area contributed by atoms with Gasteiger partial charge in [0.05, 0.1) is 11.5 Å². The van der Waals surface area contributed by atoms with Crippen LogP contribution in [-0.2, 0) is 12.3 Å². The van der Waals surface area contributed by atoms with Crippen LogP contribution in [0.4, 0.5) is 10.5 Å². The Morgan fingerprint density at radius 3 is 2.39 bits per heavy atom. The first-order valence-corrected chi connectivity index (χ1v) is 14.3. The minimum absolute atomic E-state index is 0.0189. The van der Waals surface area contributed by atoms with Crippen LogP contribution in [0.2, 0.25) is 0 Å². The molecule has 198 valence electrons. The SMILES string of the molecule is Cc1cccc(CSc2nnc(CNC(=O)NC34CC5CC(CC(C5)C3)C4)n2-c2ccc([N+](=O)[O-])cc2)c1. The Balaban J connectivity index is 1.19. The monoisotopic (exact) mass is 532 g/mol. The maximum absolute atomic E-state index is 13.1. The largest absolute Gasteiger partial charge is 0.333 e. The quantitative estimate of drug-likeness (QED) is 0.223. The molecule has 4 aliphatic rings. The van der Waals surface area contributed by atoms with Gasteiger partial charge < -0.3 is 10.6 Å². The second-order valence-electron chi connectivity index (χ2n) is 11.3. The molecule has 4 fully saturated rings. The van der Waals surface area contributed by atoms with Crippen LogP contribution in [0.25, 0.3) is 5.69 Å². The molecule has 0 saturated heterocycles. The number of thioether (sulfide) groups is 1. The van der Waals surface area contributed by atoms with Crippen molar-refractivity contribution in [2.24, 2.45) is 17.8 Å². The molecule has 4 bridgehead atoms. The summed E-state index contributed by atoms with van der Waals surface area (Å²) in [6.07, 6.45) is 7.24. The van der Waals surface area contributed by atoms with E-state index in [2.05, 4.69) is 46.0 Å². The van der Waals surface area contributed by atoms with E-state index in [1.54, 1.807) is 23.9 Å². The molecule has 4 aliphatic carbocycles. The molecule has 7 rings (SSSR count). The lowest BCUT2D eigenvalue weighted by molar-refractivity contribution is -0.384. The van der Waals surface area contributed by atoms with Gasteiger partial charge in [0.15, 0.2) is 11.0 Å². The van der Waals surface area contributed by atoms with E-state index in [9.17, 15) is 14.9 Å². The fourth-order valence-corrected chi connectivity index (χ4v) is 8.06. The average molecular weight is 533 g/mol. The summed E-state index contributed by atoms with van der Waals surface area (Å²) in [7, 11) is 0. The maximum atomic E-state index is 13.1. The summed E-state index contributed by atoms with van der Waals surface area (Å²) in [5.74, 6) is 3.53. The van der Waals surface area contributed by atoms with Crippen molar-refractivity contribution in [1.29, 1.82) is 0 Å². The Morgan fingerprint density at radius 1 is 1.08 bits per heavy atom. The fraction of sp³-hybridized carbons (Fsp3) is 0.464. The van der Waals surface area contributed by atoms with Gasteiger partial charge in [-0.2, -0.15) is 0 Å². The van der Waals surface area contributed by atoms with E-state index in [-0.39, 0.29) is 23.8 Å². The van der Waals surface area contributed by atoms with Gasteiger partial charge in [-0.3, -0.25) is 14.7 Å². The van der Waals surface area contributed by atoms with Gasteiger partial charge in [0.1, 0.15) is 0 Å². The molecule has 1 aromatic heterocycles. The van der Waals surface area contributed by atoms with Crippen LogP contribution in [0.1, 0.15) is 55.5 Å². The number of hydrogen-bond acceptors (Lipinski definition) is 6. The third kappa shape index (κ3) is 5.14. The fourth-order valence-electron chi connectivity index (χ4n) is 7.15. The predicted molar refractivity (Wildman–Crippen MR) is 145 cm³/mol.